The number of nitrogens with zero attached hydrogens (tertiary/aromatic N) is 1. The van der Waals surface area contributed by atoms with Gasteiger partial charge in [-0.25, -0.2) is 8.78 Å². The van der Waals surface area contributed by atoms with Crippen LogP contribution in [0.1, 0.15) is 44.2 Å². The molecular formula is C18H20F2N2O3. The van der Waals surface area contributed by atoms with E-state index in [1.807, 2.05) is 0 Å². The fourth-order valence-corrected chi connectivity index (χ4v) is 3.75. The number of carbonyl (C=O) groups is 3. The van der Waals surface area contributed by atoms with Crippen molar-refractivity contribution in [1.29, 1.82) is 0 Å². The first-order chi connectivity index (χ1) is 11.9. The second-order valence-corrected chi connectivity index (χ2v) is 6.72. The van der Waals surface area contributed by atoms with Crippen LogP contribution in [0.5, 0.6) is 0 Å². The minimum atomic E-state index is -0.757. The molecule has 3 rings (SSSR count). The number of rotatable bonds is 4. The SMILES string of the molecule is C[C@H](NC(=O)CN1C(=O)[C@@H]2CCCC[C@H]2C1=O)c1ccc(F)cc1F. The quantitative estimate of drug-likeness (QED) is 0.848. The molecule has 1 aliphatic heterocycles. The van der Waals surface area contributed by atoms with Crippen LogP contribution in [0.25, 0.3) is 0 Å². The van der Waals surface area contributed by atoms with Crippen LogP contribution in [-0.4, -0.2) is 29.2 Å². The standard InChI is InChI=1S/C18H20F2N2O3/c1-10(12-7-6-11(19)8-15(12)20)21-16(23)9-22-17(24)13-4-2-3-5-14(13)18(22)25/h6-8,10,13-14H,2-5,9H2,1H3,(H,21,23)/t10-,13+,14+/m0/s1. The van der Waals surface area contributed by atoms with Crippen molar-refractivity contribution in [2.75, 3.05) is 6.54 Å². The van der Waals surface area contributed by atoms with Gasteiger partial charge in [-0.2, -0.15) is 0 Å². The second-order valence-electron chi connectivity index (χ2n) is 6.72. The lowest BCUT2D eigenvalue weighted by Crippen LogP contribution is -2.41. The van der Waals surface area contributed by atoms with E-state index in [0.29, 0.717) is 12.8 Å². The Hall–Kier alpha value is -2.31. The molecule has 1 heterocycles. The second kappa shape index (κ2) is 6.90. The van der Waals surface area contributed by atoms with Gasteiger partial charge < -0.3 is 5.32 Å². The molecular weight excluding hydrogens is 330 g/mol. The zero-order chi connectivity index (χ0) is 18.1. The van der Waals surface area contributed by atoms with Crippen molar-refractivity contribution in [2.45, 2.75) is 38.6 Å². The average molecular weight is 350 g/mol. The first-order valence-corrected chi connectivity index (χ1v) is 8.48. The molecule has 0 bridgehead atoms. The van der Waals surface area contributed by atoms with Gasteiger partial charge in [0, 0.05) is 11.6 Å². The Kier molecular flexibility index (Phi) is 4.83. The van der Waals surface area contributed by atoms with Gasteiger partial charge in [0.05, 0.1) is 17.9 Å². The van der Waals surface area contributed by atoms with E-state index in [1.54, 1.807) is 6.92 Å². The predicted molar refractivity (Wildman–Crippen MR) is 85.1 cm³/mol. The van der Waals surface area contributed by atoms with Crippen LogP contribution >= 0.6 is 0 Å². The van der Waals surface area contributed by atoms with Gasteiger partial charge in [0.15, 0.2) is 0 Å². The van der Waals surface area contributed by atoms with Crippen LogP contribution in [0.2, 0.25) is 0 Å². The number of benzene rings is 1. The third-order valence-electron chi connectivity index (χ3n) is 5.04. The summed E-state index contributed by atoms with van der Waals surface area (Å²) in [6, 6.07) is 2.41. The largest absolute Gasteiger partial charge is 0.348 e. The van der Waals surface area contributed by atoms with Gasteiger partial charge in [0.25, 0.3) is 0 Å². The molecule has 0 aromatic heterocycles. The molecule has 5 nitrogen and oxygen atoms in total. The third kappa shape index (κ3) is 3.41. The number of hydrogen-bond donors (Lipinski definition) is 1. The summed E-state index contributed by atoms with van der Waals surface area (Å²) in [5.74, 6) is -3.18. The lowest BCUT2D eigenvalue weighted by Gasteiger charge is -2.19. The molecule has 0 spiro atoms. The zero-order valence-corrected chi connectivity index (χ0v) is 13.9. The number of likely N-dealkylation sites (tertiary alicyclic amines) is 1. The Labute approximate surface area is 144 Å². The molecule has 1 aromatic rings. The van der Waals surface area contributed by atoms with E-state index in [0.717, 1.165) is 29.9 Å². The first-order valence-electron chi connectivity index (χ1n) is 8.48. The summed E-state index contributed by atoms with van der Waals surface area (Å²) >= 11 is 0. The lowest BCUT2D eigenvalue weighted by atomic mass is 9.81. The lowest BCUT2D eigenvalue weighted by molar-refractivity contribution is -0.143. The molecule has 1 saturated heterocycles. The van der Waals surface area contributed by atoms with Crippen molar-refractivity contribution in [3.63, 3.8) is 0 Å². The summed E-state index contributed by atoms with van der Waals surface area (Å²) in [5, 5.41) is 2.56. The predicted octanol–water partition coefficient (Wildman–Crippen LogP) is 2.32. The number of fused-ring (bicyclic) bond motifs is 1. The molecule has 134 valence electrons. The van der Waals surface area contributed by atoms with Gasteiger partial charge in [0.2, 0.25) is 17.7 Å². The minimum Gasteiger partial charge on any atom is -0.348 e. The number of carbonyl (C=O) groups excluding carboxylic acids is 3. The smallest absolute Gasteiger partial charge is 0.240 e. The van der Waals surface area contributed by atoms with Crippen molar-refractivity contribution in [3.8, 4) is 0 Å². The van der Waals surface area contributed by atoms with Gasteiger partial charge in [0.1, 0.15) is 18.2 Å². The van der Waals surface area contributed by atoms with Crippen LogP contribution in [0.3, 0.4) is 0 Å². The maximum Gasteiger partial charge on any atom is 0.240 e. The Morgan fingerprint density at radius 3 is 2.36 bits per heavy atom. The van der Waals surface area contributed by atoms with Crippen molar-refractivity contribution < 1.29 is 23.2 Å². The molecule has 2 fully saturated rings. The van der Waals surface area contributed by atoms with E-state index in [2.05, 4.69) is 5.32 Å². The molecule has 0 unspecified atom stereocenters. The summed E-state index contributed by atoms with van der Waals surface area (Å²) in [6.45, 7) is 1.19. The van der Waals surface area contributed by atoms with Crippen LogP contribution in [0.4, 0.5) is 8.78 Å². The van der Waals surface area contributed by atoms with Gasteiger partial charge in [-0.15, -0.1) is 0 Å². The Bertz CT molecular complexity index is 698. The first kappa shape index (κ1) is 17.5. The fraction of sp³-hybridized carbons (Fsp3) is 0.500. The Morgan fingerprint density at radius 2 is 1.80 bits per heavy atom. The summed E-state index contributed by atoms with van der Waals surface area (Å²) in [5.41, 5.74) is 0.141. The number of amides is 3. The molecule has 0 radical (unpaired) electrons. The number of halogens is 2. The van der Waals surface area contributed by atoms with Crippen molar-refractivity contribution in [2.24, 2.45) is 11.8 Å². The monoisotopic (exact) mass is 350 g/mol. The van der Waals surface area contributed by atoms with E-state index in [1.165, 1.54) is 6.07 Å². The fourth-order valence-electron chi connectivity index (χ4n) is 3.75. The number of imide groups is 1. The highest BCUT2D eigenvalue weighted by molar-refractivity contribution is 6.07. The van der Waals surface area contributed by atoms with Crippen molar-refractivity contribution in [1.82, 2.24) is 10.2 Å². The van der Waals surface area contributed by atoms with Crippen LogP contribution in [-0.2, 0) is 14.4 Å². The molecule has 3 atom stereocenters. The Balaban J connectivity index is 1.64. The molecule has 7 heteroatoms. The van der Waals surface area contributed by atoms with E-state index in [-0.39, 0.29) is 35.8 Å². The molecule has 1 saturated carbocycles. The van der Waals surface area contributed by atoms with E-state index < -0.39 is 23.6 Å². The van der Waals surface area contributed by atoms with Crippen LogP contribution in [0, 0.1) is 23.5 Å². The molecule has 3 amide bonds. The molecule has 1 aromatic carbocycles. The van der Waals surface area contributed by atoms with Crippen LogP contribution in [0.15, 0.2) is 18.2 Å². The summed E-state index contributed by atoms with van der Waals surface area (Å²) in [6.07, 6.45) is 3.21. The van der Waals surface area contributed by atoms with Gasteiger partial charge >= 0.3 is 0 Å². The average Bonchev–Trinajstić information content (AvgIpc) is 2.80. The highest BCUT2D eigenvalue weighted by Crippen LogP contribution is 2.37. The third-order valence-corrected chi connectivity index (χ3v) is 5.04. The molecule has 1 N–H and O–H groups in total. The summed E-state index contributed by atoms with van der Waals surface area (Å²) < 4.78 is 26.7. The maximum atomic E-state index is 13.8. The number of nitrogens with one attached hydrogen (secondary N) is 1. The van der Waals surface area contributed by atoms with E-state index >= 15 is 0 Å². The molecule has 2 aliphatic rings. The van der Waals surface area contributed by atoms with Gasteiger partial charge in [-0.1, -0.05) is 18.9 Å². The number of hydrogen-bond acceptors (Lipinski definition) is 3. The van der Waals surface area contributed by atoms with Gasteiger partial charge in [-0.05, 0) is 25.8 Å². The highest BCUT2D eigenvalue weighted by Gasteiger charge is 2.48. The minimum absolute atomic E-state index is 0.141. The van der Waals surface area contributed by atoms with Crippen molar-refractivity contribution in [3.05, 3.63) is 35.4 Å². The van der Waals surface area contributed by atoms with Crippen molar-refractivity contribution >= 4 is 17.7 Å². The molecule has 25 heavy (non-hydrogen) atoms. The van der Waals surface area contributed by atoms with Crippen LogP contribution < -0.4 is 5.32 Å². The zero-order valence-electron chi connectivity index (χ0n) is 13.9. The topological polar surface area (TPSA) is 66.5 Å². The normalized spacial score (nSPS) is 24.2. The highest BCUT2D eigenvalue weighted by atomic mass is 19.1. The maximum absolute atomic E-state index is 13.8. The van der Waals surface area contributed by atoms with Gasteiger partial charge in [-0.3, -0.25) is 19.3 Å². The van der Waals surface area contributed by atoms with E-state index in [9.17, 15) is 23.2 Å². The molecule has 1 aliphatic carbocycles. The summed E-state index contributed by atoms with van der Waals surface area (Å²) in [4.78, 5) is 37.9. The van der Waals surface area contributed by atoms with E-state index in [4.69, 9.17) is 0 Å². The Morgan fingerprint density at radius 1 is 1.20 bits per heavy atom. The summed E-state index contributed by atoms with van der Waals surface area (Å²) in [7, 11) is 0.